The molecule has 0 saturated carbocycles. The van der Waals surface area contributed by atoms with Crippen molar-refractivity contribution in [2.75, 3.05) is 22.8 Å². The number of nitrogens with zero attached hydrogens (tertiary/aromatic N) is 1. The molecule has 0 spiro atoms. The van der Waals surface area contributed by atoms with Gasteiger partial charge in [-0.15, -0.1) is 0 Å². The van der Waals surface area contributed by atoms with E-state index in [1.807, 2.05) is 24.3 Å². The number of carbonyl (C=O) groups excluding carboxylic acids is 1. The van der Waals surface area contributed by atoms with E-state index in [9.17, 15) is 13.2 Å². The molecule has 4 rings (SSSR count). The Labute approximate surface area is 196 Å². The minimum atomic E-state index is -3.70. The first-order valence-corrected chi connectivity index (χ1v) is 12.0. The van der Waals surface area contributed by atoms with E-state index in [0.29, 0.717) is 45.7 Å². The lowest BCUT2D eigenvalue weighted by atomic mass is 10.2. The van der Waals surface area contributed by atoms with Crippen molar-refractivity contribution >= 4 is 50.5 Å². The fourth-order valence-electron chi connectivity index (χ4n) is 3.55. The Bertz CT molecular complexity index is 1290. The van der Waals surface area contributed by atoms with Crippen molar-refractivity contribution in [1.29, 1.82) is 0 Å². The third-order valence-corrected chi connectivity index (χ3v) is 7.50. The van der Waals surface area contributed by atoms with Crippen LogP contribution in [-0.2, 0) is 21.2 Å². The molecule has 9 heteroatoms. The van der Waals surface area contributed by atoms with E-state index in [1.165, 1.54) is 16.4 Å². The summed E-state index contributed by atoms with van der Waals surface area (Å²) in [7, 11) is -3.70. The zero-order valence-corrected chi connectivity index (χ0v) is 19.5. The summed E-state index contributed by atoms with van der Waals surface area (Å²) in [5, 5.41) is 3.44. The number of hydrogen-bond acceptors (Lipinski definition) is 4. The number of para-hydroxylation sites is 1. The van der Waals surface area contributed by atoms with Crippen LogP contribution >= 0.6 is 23.2 Å². The number of rotatable bonds is 6. The molecular weight excluding hydrogens is 471 g/mol. The molecule has 1 N–H and O–H groups in total. The number of halogens is 2. The third kappa shape index (κ3) is 4.55. The van der Waals surface area contributed by atoms with Crippen molar-refractivity contribution in [3.05, 3.63) is 81.8 Å². The number of sulfonamides is 1. The van der Waals surface area contributed by atoms with Gasteiger partial charge in [0.1, 0.15) is 5.75 Å². The van der Waals surface area contributed by atoms with E-state index in [2.05, 4.69) is 5.32 Å². The highest BCUT2D eigenvalue weighted by Gasteiger charge is 2.30. The Morgan fingerprint density at radius 2 is 1.88 bits per heavy atom. The Balaban J connectivity index is 1.45. The first kappa shape index (κ1) is 22.5. The summed E-state index contributed by atoms with van der Waals surface area (Å²) < 4.78 is 33.4. The van der Waals surface area contributed by atoms with E-state index in [-0.39, 0.29) is 11.5 Å². The smallest absolute Gasteiger partial charge is 0.264 e. The molecule has 3 aromatic rings. The lowest BCUT2D eigenvalue weighted by molar-refractivity contribution is -0.118. The lowest BCUT2D eigenvalue weighted by Gasteiger charge is -2.20. The summed E-state index contributed by atoms with van der Waals surface area (Å²) in [6.07, 6.45) is 0.683. The van der Waals surface area contributed by atoms with Crippen molar-refractivity contribution in [2.45, 2.75) is 18.2 Å². The SMILES string of the molecule is Cc1cc(S(=O)(=O)N2CCc3ccccc32)ccc1OCC(=O)Nc1ccc(Cl)cc1Cl. The summed E-state index contributed by atoms with van der Waals surface area (Å²) in [6, 6.07) is 16.8. The first-order chi connectivity index (χ1) is 15.3. The number of carbonyl (C=O) groups is 1. The number of amides is 1. The van der Waals surface area contributed by atoms with Gasteiger partial charge >= 0.3 is 0 Å². The van der Waals surface area contributed by atoms with Crippen LogP contribution in [0.3, 0.4) is 0 Å². The highest BCUT2D eigenvalue weighted by Crippen LogP contribution is 2.34. The summed E-state index contributed by atoms with van der Waals surface area (Å²) in [5.41, 5.74) is 2.76. The van der Waals surface area contributed by atoms with Crippen molar-refractivity contribution in [3.63, 3.8) is 0 Å². The number of benzene rings is 3. The minimum absolute atomic E-state index is 0.177. The molecule has 0 unspecified atom stereocenters. The zero-order valence-electron chi connectivity index (χ0n) is 17.1. The van der Waals surface area contributed by atoms with Crippen LogP contribution in [0.4, 0.5) is 11.4 Å². The van der Waals surface area contributed by atoms with Crippen molar-refractivity contribution in [3.8, 4) is 5.75 Å². The second-order valence-electron chi connectivity index (χ2n) is 7.34. The molecule has 0 saturated heterocycles. The van der Waals surface area contributed by atoms with Crippen LogP contribution in [0.5, 0.6) is 5.75 Å². The number of ether oxygens (including phenoxy) is 1. The molecule has 1 amide bonds. The zero-order chi connectivity index (χ0) is 22.9. The van der Waals surface area contributed by atoms with Gasteiger partial charge in [0, 0.05) is 11.6 Å². The highest BCUT2D eigenvalue weighted by atomic mass is 35.5. The molecule has 0 radical (unpaired) electrons. The summed E-state index contributed by atoms with van der Waals surface area (Å²) in [6.45, 7) is 1.89. The summed E-state index contributed by atoms with van der Waals surface area (Å²) in [4.78, 5) is 12.4. The fraction of sp³-hybridized carbons (Fsp3) is 0.174. The predicted octanol–water partition coefficient (Wildman–Crippen LogP) is 5.07. The Morgan fingerprint density at radius 1 is 1.09 bits per heavy atom. The molecule has 1 heterocycles. The molecular formula is C23H20Cl2N2O4S. The first-order valence-electron chi connectivity index (χ1n) is 9.85. The second kappa shape index (κ2) is 9.02. The van der Waals surface area contributed by atoms with Crippen molar-refractivity contribution < 1.29 is 17.9 Å². The maximum atomic E-state index is 13.2. The van der Waals surface area contributed by atoms with E-state index in [1.54, 1.807) is 31.2 Å². The van der Waals surface area contributed by atoms with E-state index < -0.39 is 15.9 Å². The van der Waals surface area contributed by atoms with E-state index in [4.69, 9.17) is 27.9 Å². The molecule has 166 valence electrons. The van der Waals surface area contributed by atoms with Crippen LogP contribution < -0.4 is 14.4 Å². The molecule has 6 nitrogen and oxygen atoms in total. The average molecular weight is 491 g/mol. The van der Waals surface area contributed by atoms with Gasteiger partial charge in [-0.05, 0) is 66.9 Å². The Morgan fingerprint density at radius 3 is 2.62 bits per heavy atom. The molecule has 0 fully saturated rings. The van der Waals surface area contributed by atoms with Crippen LogP contribution in [0.15, 0.2) is 65.6 Å². The summed E-state index contributed by atoms with van der Waals surface area (Å²) >= 11 is 11.9. The van der Waals surface area contributed by atoms with E-state index in [0.717, 1.165) is 5.56 Å². The average Bonchev–Trinajstić information content (AvgIpc) is 3.20. The van der Waals surface area contributed by atoms with Crippen molar-refractivity contribution in [1.82, 2.24) is 0 Å². The van der Waals surface area contributed by atoms with Crippen LogP contribution in [0.25, 0.3) is 0 Å². The molecule has 0 aromatic heterocycles. The molecule has 1 aliphatic heterocycles. The third-order valence-electron chi connectivity index (χ3n) is 5.14. The summed E-state index contributed by atoms with van der Waals surface area (Å²) in [5.74, 6) is 0.0159. The number of fused-ring (bicyclic) bond motifs is 1. The van der Waals surface area contributed by atoms with Gasteiger partial charge in [0.2, 0.25) is 0 Å². The monoisotopic (exact) mass is 490 g/mol. The molecule has 0 aliphatic carbocycles. The van der Waals surface area contributed by atoms with Crippen LogP contribution in [0.1, 0.15) is 11.1 Å². The molecule has 32 heavy (non-hydrogen) atoms. The highest BCUT2D eigenvalue weighted by molar-refractivity contribution is 7.92. The fourth-order valence-corrected chi connectivity index (χ4v) is 5.59. The minimum Gasteiger partial charge on any atom is -0.483 e. The van der Waals surface area contributed by atoms with Gasteiger partial charge in [0.15, 0.2) is 6.61 Å². The normalized spacial score (nSPS) is 13.0. The number of hydrogen-bond donors (Lipinski definition) is 1. The molecule has 0 bridgehead atoms. The number of aryl methyl sites for hydroxylation is 1. The largest absolute Gasteiger partial charge is 0.483 e. The van der Waals surface area contributed by atoms with E-state index >= 15 is 0 Å². The Hall–Kier alpha value is -2.74. The van der Waals surface area contributed by atoms with Gasteiger partial charge in [-0.1, -0.05) is 41.4 Å². The van der Waals surface area contributed by atoms with Gasteiger partial charge in [0.05, 0.1) is 21.3 Å². The Kier molecular flexibility index (Phi) is 6.33. The molecule has 0 atom stereocenters. The predicted molar refractivity (Wildman–Crippen MR) is 126 cm³/mol. The van der Waals surface area contributed by atoms with Gasteiger partial charge in [-0.25, -0.2) is 8.42 Å². The quantitative estimate of drug-likeness (QED) is 0.523. The van der Waals surface area contributed by atoms with Gasteiger partial charge in [-0.3, -0.25) is 9.10 Å². The van der Waals surface area contributed by atoms with Crippen LogP contribution in [0, 0.1) is 6.92 Å². The lowest BCUT2D eigenvalue weighted by Crippen LogP contribution is -2.29. The molecule has 3 aromatic carbocycles. The number of anilines is 2. The maximum Gasteiger partial charge on any atom is 0.264 e. The standard InChI is InChI=1S/C23H20Cl2N2O4S/c1-15-12-18(32(29,30)27-11-10-16-4-2-3-5-21(16)27)7-9-22(15)31-14-23(28)26-20-8-6-17(24)13-19(20)25/h2-9,12-13H,10-11,14H2,1H3,(H,26,28). The second-order valence-corrected chi connectivity index (χ2v) is 10.1. The molecule has 1 aliphatic rings. The van der Waals surface area contributed by atoms with Crippen LogP contribution in [-0.4, -0.2) is 27.5 Å². The van der Waals surface area contributed by atoms with Gasteiger partial charge in [0.25, 0.3) is 15.9 Å². The van der Waals surface area contributed by atoms with Gasteiger partial charge in [-0.2, -0.15) is 0 Å². The van der Waals surface area contributed by atoms with Crippen LogP contribution in [0.2, 0.25) is 10.0 Å². The van der Waals surface area contributed by atoms with Crippen molar-refractivity contribution in [2.24, 2.45) is 0 Å². The number of nitrogens with one attached hydrogen (secondary N) is 1. The maximum absolute atomic E-state index is 13.2. The van der Waals surface area contributed by atoms with Gasteiger partial charge < -0.3 is 10.1 Å². The topological polar surface area (TPSA) is 75.7 Å².